The number of carbonyl (C=O) groups excluding carboxylic acids is 1. The van der Waals surface area contributed by atoms with Gasteiger partial charge in [0.25, 0.3) is 0 Å². The molecule has 5 rings (SSSR count). The molecule has 2 aromatic heterocycles. The van der Waals surface area contributed by atoms with E-state index >= 15 is 0 Å². The maximum absolute atomic E-state index is 12.5. The lowest BCUT2D eigenvalue weighted by molar-refractivity contribution is 0.100. The van der Waals surface area contributed by atoms with E-state index in [-0.39, 0.29) is 0 Å². The predicted octanol–water partition coefficient (Wildman–Crippen LogP) is 5.23. The molecule has 0 atom stereocenters. The summed E-state index contributed by atoms with van der Waals surface area (Å²) in [5.74, 6) is 0.243. The molecule has 36 heavy (non-hydrogen) atoms. The average molecular weight is 483 g/mol. The van der Waals surface area contributed by atoms with Crippen LogP contribution in [0.4, 0.5) is 0 Å². The number of primary amides is 1. The zero-order chi connectivity index (χ0) is 24.7. The molecule has 3 N–H and O–H groups in total. The minimum absolute atomic E-state index is 0.449. The number of rotatable bonds is 10. The zero-order valence-electron chi connectivity index (χ0n) is 20.7. The number of carbonyl (C=O) groups is 1. The van der Waals surface area contributed by atoms with Crippen LogP contribution in [0.5, 0.6) is 0 Å². The molecule has 0 radical (unpaired) electrons. The number of para-hydroxylation sites is 1. The summed E-state index contributed by atoms with van der Waals surface area (Å²) >= 11 is 0. The summed E-state index contributed by atoms with van der Waals surface area (Å²) in [4.78, 5) is 20.2. The third-order valence-electron chi connectivity index (χ3n) is 7.01. The normalized spacial score (nSPS) is 14.2. The molecule has 0 spiro atoms. The van der Waals surface area contributed by atoms with Gasteiger partial charge in [0.2, 0.25) is 5.91 Å². The highest BCUT2D eigenvalue weighted by Crippen LogP contribution is 2.35. The maximum atomic E-state index is 12.5. The third-order valence-corrected chi connectivity index (χ3v) is 7.01. The van der Waals surface area contributed by atoms with Crippen LogP contribution < -0.4 is 5.73 Å². The molecule has 1 saturated heterocycles. The number of imidazole rings is 1. The Labute approximate surface area is 212 Å². The van der Waals surface area contributed by atoms with Crippen LogP contribution in [-0.2, 0) is 6.42 Å². The molecule has 7 heteroatoms. The van der Waals surface area contributed by atoms with E-state index in [0.717, 1.165) is 46.7 Å². The van der Waals surface area contributed by atoms with Crippen LogP contribution in [0, 0.1) is 0 Å². The average Bonchev–Trinajstić information content (AvgIpc) is 3.60. The second-order valence-electron chi connectivity index (χ2n) is 9.55. The van der Waals surface area contributed by atoms with Crippen LogP contribution >= 0.6 is 0 Å². The van der Waals surface area contributed by atoms with Crippen molar-refractivity contribution in [3.05, 3.63) is 78.4 Å². The summed E-state index contributed by atoms with van der Waals surface area (Å²) in [7, 11) is 0. The molecule has 4 aromatic rings. The van der Waals surface area contributed by atoms with Crippen LogP contribution in [0.15, 0.2) is 67.1 Å². The standard InChI is InChI=1S/C29H34N6O/c30-28(36)26-15-10-14-25(22-19-31-32-20-22)27(26)29-33-23(21-35(29)24-12-5-1-6-13-24)11-4-2-7-16-34-17-8-3-9-18-34/h1,5-6,10,12-15,19-21H,2-4,7-9,11,16-18H2,(H2,30,36)(H,31,32). The number of likely N-dealkylation sites (tertiary alicyclic amines) is 1. The fraction of sp³-hybridized carbons (Fsp3) is 0.345. The number of aryl methyl sites for hydroxylation is 1. The number of nitrogens with two attached hydrogens (primary N) is 1. The molecule has 1 aliphatic heterocycles. The van der Waals surface area contributed by atoms with Gasteiger partial charge in [-0.15, -0.1) is 0 Å². The minimum Gasteiger partial charge on any atom is -0.366 e. The van der Waals surface area contributed by atoms with E-state index in [2.05, 4.69) is 38.0 Å². The Kier molecular flexibility index (Phi) is 7.57. The highest BCUT2D eigenvalue weighted by molar-refractivity contribution is 6.03. The maximum Gasteiger partial charge on any atom is 0.249 e. The zero-order valence-corrected chi connectivity index (χ0v) is 20.7. The Hall–Kier alpha value is -3.71. The van der Waals surface area contributed by atoms with Crippen molar-refractivity contribution in [1.82, 2.24) is 24.6 Å². The number of unbranched alkanes of at least 4 members (excludes halogenated alkanes) is 2. The molecular weight excluding hydrogens is 448 g/mol. The van der Waals surface area contributed by atoms with Crippen molar-refractivity contribution < 1.29 is 4.79 Å². The van der Waals surface area contributed by atoms with E-state index in [0.29, 0.717) is 5.56 Å². The summed E-state index contributed by atoms with van der Waals surface area (Å²) < 4.78 is 2.08. The number of aromatic amines is 1. The third kappa shape index (κ3) is 5.41. The highest BCUT2D eigenvalue weighted by atomic mass is 16.1. The van der Waals surface area contributed by atoms with Gasteiger partial charge < -0.3 is 10.6 Å². The number of benzene rings is 2. The van der Waals surface area contributed by atoms with Crippen LogP contribution in [0.1, 0.15) is 54.6 Å². The number of nitrogens with one attached hydrogen (secondary N) is 1. The first kappa shape index (κ1) is 24.0. The molecule has 1 amide bonds. The Morgan fingerprint density at radius 3 is 2.56 bits per heavy atom. The van der Waals surface area contributed by atoms with E-state index in [1.165, 1.54) is 51.7 Å². The Morgan fingerprint density at radius 1 is 0.972 bits per heavy atom. The number of amides is 1. The summed E-state index contributed by atoms with van der Waals surface area (Å²) in [6, 6.07) is 15.7. The topological polar surface area (TPSA) is 92.8 Å². The molecule has 0 unspecified atom stereocenters. The molecule has 1 fully saturated rings. The molecule has 0 bridgehead atoms. The Bertz CT molecular complexity index is 1270. The van der Waals surface area contributed by atoms with Crippen molar-refractivity contribution in [2.24, 2.45) is 5.73 Å². The Morgan fingerprint density at radius 2 is 1.81 bits per heavy atom. The lowest BCUT2D eigenvalue weighted by atomic mass is 9.96. The van der Waals surface area contributed by atoms with Gasteiger partial charge in [-0.2, -0.15) is 5.10 Å². The van der Waals surface area contributed by atoms with Gasteiger partial charge in [0.1, 0.15) is 5.82 Å². The van der Waals surface area contributed by atoms with Crippen molar-refractivity contribution >= 4 is 5.91 Å². The van der Waals surface area contributed by atoms with Gasteiger partial charge in [0, 0.05) is 29.2 Å². The van der Waals surface area contributed by atoms with Crippen molar-refractivity contribution in [3.63, 3.8) is 0 Å². The van der Waals surface area contributed by atoms with Crippen molar-refractivity contribution in [2.45, 2.75) is 44.9 Å². The number of aromatic nitrogens is 4. The van der Waals surface area contributed by atoms with Crippen molar-refractivity contribution in [2.75, 3.05) is 19.6 Å². The molecule has 2 aromatic carbocycles. The monoisotopic (exact) mass is 482 g/mol. The first-order valence-corrected chi connectivity index (χ1v) is 13.0. The van der Waals surface area contributed by atoms with Gasteiger partial charge in [0.05, 0.1) is 17.5 Å². The van der Waals surface area contributed by atoms with Crippen molar-refractivity contribution in [3.8, 4) is 28.2 Å². The van der Waals surface area contributed by atoms with Gasteiger partial charge in [-0.05, 0) is 75.5 Å². The van der Waals surface area contributed by atoms with Gasteiger partial charge >= 0.3 is 0 Å². The number of hydrogen-bond donors (Lipinski definition) is 2. The number of H-pyrrole nitrogens is 1. The van der Waals surface area contributed by atoms with E-state index in [4.69, 9.17) is 10.7 Å². The number of nitrogens with zero attached hydrogens (tertiary/aromatic N) is 4. The van der Waals surface area contributed by atoms with Gasteiger partial charge in [-0.25, -0.2) is 4.98 Å². The van der Waals surface area contributed by atoms with E-state index in [9.17, 15) is 4.79 Å². The van der Waals surface area contributed by atoms with Crippen LogP contribution in [0.25, 0.3) is 28.2 Å². The summed E-state index contributed by atoms with van der Waals surface area (Å²) in [5, 5.41) is 6.99. The molecule has 186 valence electrons. The largest absolute Gasteiger partial charge is 0.366 e. The number of piperidine rings is 1. The lowest BCUT2D eigenvalue weighted by Gasteiger charge is -2.26. The first-order valence-electron chi connectivity index (χ1n) is 13.0. The van der Waals surface area contributed by atoms with Gasteiger partial charge in [-0.1, -0.05) is 43.2 Å². The second-order valence-corrected chi connectivity index (χ2v) is 9.55. The van der Waals surface area contributed by atoms with Crippen molar-refractivity contribution in [1.29, 1.82) is 0 Å². The minimum atomic E-state index is -0.475. The smallest absolute Gasteiger partial charge is 0.249 e. The van der Waals surface area contributed by atoms with E-state index in [1.54, 1.807) is 12.3 Å². The molecule has 0 aliphatic carbocycles. The first-order chi connectivity index (χ1) is 17.7. The van der Waals surface area contributed by atoms with E-state index < -0.39 is 5.91 Å². The van der Waals surface area contributed by atoms with Gasteiger partial charge in [-0.3, -0.25) is 14.5 Å². The van der Waals surface area contributed by atoms with Crippen LogP contribution in [-0.4, -0.2) is 50.2 Å². The molecule has 1 aliphatic rings. The second kappa shape index (κ2) is 11.4. The molecule has 3 heterocycles. The molecule has 7 nitrogen and oxygen atoms in total. The quantitative estimate of drug-likeness (QED) is 0.303. The van der Waals surface area contributed by atoms with Crippen LogP contribution in [0.2, 0.25) is 0 Å². The Balaban J connectivity index is 1.44. The summed E-state index contributed by atoms with van der Waals surface area (Å²) in [5.41, 5.74) is 10.8. The fourth-order valence-electron chi connectivity index (χ4n) is 5.15. The SMILES string of the molecule is NC(=O)c1cccc(-c2cn[nH]c2)c1-c1nc(CCCCCN2CCCCC2)cn1-c1ccccc1. The van der Waals surface area contributed by atoms with Gasteiger partial charge in [0.15, 0.2) is 0 Å². The summed E-state index contributed by atoms with van der Waals surface area (Å²) in [6.07, 6.45) is 14.1. The molecular formula is C29H34N6O. The fourth-order valence-corrected chi connectivity index (χ4v) is 5.15. The van der Waals surface area contributed by atoms with Crippen LogP contribution in [0.3, 0.4) is 0 Å². The lowest BCUT2D eigenvalue weighted by Crippen LogP contribution is -2.30. The number of hydrogen-bond acceptors (Lipinski definition) is 4. The highest BCUT2D eigenvalue weighted by Gasteiger charge is 2.22. The summed E-state index contributed by atoms with van der Waals surface area (Å²) in [6.45, 7) is 3.70. The predicted molar refractivity (Wildman–Crippen MR) is 143 cm³/mol. The molecule has 0 saturated carbocycles. The van der Waals surface area contributed by atoms with E-state index in [1.807, 2.05) is 36.5 Å².